The minimum Gasteiger partial charge on any atom is -0.315 e. The number of nitrogens with one attached hydrogen (secondary N) is 1. The first-order valence-corrected chi connectivity index (χ1v) is 6.61. The molecule has 1 unspecified atom stereocenters. The van der Waals surface area contributed by atoms with E-state index in [0.29, 0.717) is 6.04 Å². The van der Waals surface area contributed by atoms with Gasteiger partial charge in [-0.15, -0.1) is 0 Å². The molecule has 0 radical (unpaired) electrons. The van der Waals surface area contributed by atoms with Crippen molar-refractivity contribution in [1.29, 1.82) is 0 Å². The molecule has 0 saturated heterocycles. The average Bonchev–Trinajstić information content (AvgIpc) is 2.57. The summed E-state index contributed by atoms with van der Waals surface area (Å²) < 4.78 is 1.94. The highest BCUT2D eigenvalue weighted by molar-refractivity contribution is 5.24. The molecule has 17 heavy (non-hydrogen) atoms. The zero-order chi connectivity index (χ0) is 13.1. The summed E-state index contributed by atoms with van der Waals surface area (Å²) in [6.45, 7) is 12.1. The van der Waals surface area contributed by atoms with Gasteiger partial charge in [0.25, 0.3) is 0 Å². The highest BCUT2D eigenvalue weighted by Gasteiger charge is 2.21. The summed E-state index contributed by atoms with van der Waals surface area (Å²) in [6, 6.07) is 0.577. The molecular weight excluding hydrogens is 210 g/mol. The molecule has 0 aliphatic rings. The first-order valence-electron chi connectivity index (χ1n) is 6.61. The number of nitrogens with zero attached hydrogens (tertiary/aromatic N) is 2. The Bertz CT molecular complexity index is 347. The van der Waals surface area contributed by atoms with Crippen molar-refractivity contribution in [3.63, 3.8) is 0 Å². The van der Waals surface area contributed by atoms with E-state index in [2.05, 4.69) is 51.2 Å². The highest BCUT2D eigenvalue weighted by Crippen LogP contribution is 2.25. The second-order valence-electron chi connectivity index (χ2n) is 5.92. The van der Waals surface area contributed by atoms with Crippen molar-refractivity contribution in [3.8, 4) is 0 Å². The highest BCUT2D eigenvalue weighted by atomic mass is 15.3. The third-order valence-electron chi connectivity index (χ3n) is 3.01. The lowest BCUT2D eigenvalue weighted by Crippen LogP contribution is -2.26. The van der Waals surface area contributed by atoms with Crippen LogP contribution < -0.4 is 5.32 Å². The van der Waals surface area contributed by atoms with Crippen LogP contribution in [0.5, 0.6) is 0 Å². The van der Waals surface area contributed by atoms with Gasteiger partial charge in [0.1, 0.15) is 0 Å². The molecule has 1 aromatic rings. The summed E-state index contributed by atoms with van der Waals surface area (Å²) in [4.78, 5) is 0. The van der Waals surface area contributed by atoms with E-state index in [0.717, 1.165) is 13.0 Å². The predicted octanol–water partition coefficient (Wildman–Crippen LogP) is 2.65. The monoisotopic (exact) mass is 237 g/mol. The van der Waals surface area contributed by atoms with Crippen LogP contribution in [0.2, 0.25) is 0 Å². The van der Waals surface area contributed by atoms with E-state index >= 15 is 0 Å². The van der Waals surface area contributed by atoms with Gasteiger partial charge >= 0.3 is 0 Å². The van der Waals surface area contributed by atoms with E-state index in [9.17, 15) is 0 Å². The van der Waals surface area contributed by atoms with Gasteiger partial charge in [-0.25, -0.2) is 0 Å². The Morgan fingerprint density at radius 3 is 2.59 bits per heavy atom. The van der Waals surface area contributed by atoms with Gasteiger partial charge < -0.3 is 5.32 Å². The van der Waals surface area contributed by atoms with Crippen LogP contribution in [0.3, 0.4) is 0 Å². The van der Waals surface area contributed by atoms with Crippen LogP contribution in [0, 0.1) is 0 Å². The lowest BCUT2D eigenvalue weighted by molar-refractivity contribution is 0.518. The topological polar surface area (TPSA) is 29.9 Å². The molecule has 0 spiro atoms. The third kappa shape index (κ3) is 4.15. The van der Waals surface area contributed by atoms with Crippen molar-refractivity contribution in [2.24, 2.45) is 7.05 Å². The van der Waals surface area contributed by atoms with E-state index in [1.54, 1.807) is 0 Å². The van der Waals surface area contributed by atoms with Crippen molar-refractivity contribution in [3.05, 3.63) is 17.5 Å². The van der Waals surface area contributed by atoms with Crippen LogP contribution in [0.25, 0.3) is 0 Å². The van der Waals surface area contributed by atoms with Crippen molar-refractivity contribution in [1.82, 2.24) is 15.1 Å². The molecular formula is C14H27N3. The molecule has 3 nitrogen and oxygen atoms in total. The smallest absolute Gasteiger partial charge is 0.0709 e. The molecule has 0 aliphatic heterocycles. The fourth-order valence-electron chi connectivity index (χ4n) is 2.17. The van der Waals surface area contributed by atoms with E-state index in [1.807, 2.05) is 11.7 Å². The summed E-state index contributed by atoms with van der Waals surface area (Å²) in [5.74, 6) is 0. The molecule has 0 fully saturated rings. The zero-order valence-electron chi connectivity index (χ0n) is 12.2. The fraction of sp³-hybridized carbons (Fsp3) is 0.786. The van der Waals surface area contributed by atoms with E-state index in [4.69, 9.17) is 0 Å². The van der Waals surface area contributed by atoms with Crippen molar-refractivity contribution in [2.75, 3.05) is 6.54 Å². The van der Waals surface area contributed by atoms with Crippen LogP contribution in [0.4, 0.5) is 0 Å². The van der Waals surface area contributed by atoms with Gasteiger partial charge in [-0.05, 0) is 31.9 Å². The summed E-state index contributed by atoms with van der Waals surface area (Å²) in [6.07, 6.45) is 4.44. The summed E-state index contributed by atoms with van der Waals surface area (Å²) in [5.41, 5.74) is 2.77. The summed E-state index contributed by atoms with van der Waals surface area (Å²) in [7, 11) is 2.01. The molecule has 1 aromatic heterocycles. The maximum absolute atomic E-state index is 4.60. The van der Waals surface area contributed by atoms with Gasteiger partial charge in [-0.1, -0.05) is 27.7 Å². The van der Waals surface area contributed by atoms with Crippen LogP contribution in [-0.4, -0.2) is 22.4 Å². The zero-order valence-corrected chi connectivity index (χ0v) is 12.2. The normalized spacial score (nSPS) is 14.0. The summed E-state index contributed by atoms with van der Waals surface area (Å²) >= 11 is 0. The van der Waals surface area contributed by atoms with Gasteiger partial charge in [0.05, 0.1) is 5.69 Å². The molecule has 0 amide bonds. The number of rotatable bonds is 5. The van der Waals surface area contributed by atoms with Gasteiger partial charge in [0, 0.05) is 24.7 Å². The Morgan fingerprint density at radius 1 is 1.41 bits per heavy atom. The minimum absolute atomic E-state index is 0.137. The first-order chi connectivity index (χ1) is 7.84. The van der Waals surface area contributed by atoms with Gasteiger partial charge in [-0.3, -0.25) is 4.68 Å². The maximum Gasteiger partial charge on any atom is 0.0709 e. The Morgan fingerprint density at radius 2 is 2.06 bits per heavy atom. The van der Waals surface area contributed by atoms with Crippen molar-refractivity contribution in [2.45, 2.75) is 58.9 Å². The molecule has 1 rings (SSSR count). The van der Waals surface area contributed by atoms with E-state index in [1.165, 1.54) is 17.7 Å². The Hall–Kier alpha value is -0.830. The van der Waals surface area contributed by atoms with Crippen LogP contribution in [0.15, 0.2) is 6.20 Å². The van der Waals surface area contributed by atoms with Crippen molar-refractivity contribution >= 4 is 0 Å². The molecule has 98 valence electrons. The van der Waals surface area contributed by atoms with Crippen LogP contribution in [0.1, 0.15) is 52.3 Å². The molecule has 1 heterocycles. The SMILES string of the molecule is CCNC(C)CCc1cn(C)nc1C(C)(C)C. The molecule has 0 aromatic carbocycles. The van der Waals surface area contributed by atoms with Gasteiger partial charge in [0.2, 0.25) is 0 Å². The molecule has 3 heteroatoms. The third-order valence-corrected chi connectivity index (χ3v) is 3.01. The molecule has 0 aliphatic carbocycles. The molecule has 0 bridgehead atoms. The fourth-order valence-corrected chi connectivity index (χ4v) is 2.17. The van der Waals surface area contributed by atoms with Gasteiger partial charge in [-0.2, -0.15) is 5.10 Å². The average molecular weight is 237 g/mol. The predicted molar refractivity (Wildman–Crippen MR) is 73.4 cm³/mol. The maximum atomic E-state index is 4.60. The van der Waals surface area contributed by atoms with E-state index in [-0.39, 0.29) is 5.41 Å². The number of hydrogen-bond acceptors (Lipinski definition) is 2. The largest absolute Gasteiger partial charge is 0.315 e. The second-order valence-corrected chi connectivity index (χ2v) is 5.92. The Balaban J connectivity index is 2.71. The quantitative estimate of drug-likeness (QED) is 0.853. The van der Waals surface area contributed by atoms with Crippen LogP contribution >= 0.6 is 0 Å². The van der Waals surface area contributed by atoms with Gasteiger partial charge in [0.15, 0.2) is 0 Å². The Kier molecular flexibility index (Phi) is 4.75. The van der Waals surface area contributed by atoms with Crippen molar-refractivity contribution < 1.29 is 0 Å². The standard InChI is InChI=1S/C14H27N3/c1-7-15-11(2)8-9-12-10-17(6)16-13(12)14(3,4)5/h10-11,15H,7-9H2,1-6H3. The second kappa shape index (κ2) is 5.67. The Labute approximate surface area is 106 Å². The minimum atomic E-state index is 0.137. The van der Waals surface area contributed by atoms with E-state index < -0.39 is 0 Å². The molecule has 1 N–H and O–H groups in total. The molecule has 1 atom stereocenters. The number of aromatic nitrogens is 2. The lowest BCUT2D eigenvalue weighted by atomic mass is 9.88. The number of hydrogen-bond donors (Lipinski definition) is 1. The first kappa shape index (κ1) is 14.2. The molecule has 0 saturated carbocycles. The summed E-state index contributed by atoms with van der Waals surface area (Å²) in [5, 5.41) is 8.06. The number of aryl methyl sites for hydroxylation is 2. The lowest BCUT2D eigenvalue weighted by Gasteiger charge is -2.18. The van der Waals surface area contributed by atoms with Crippen LogP contribution in [-0.2, 0) is 18.9 Å².